The number of carbonyl (C=O) groups excluding carboxylic acids is 1. The third-order valence-electron chi connectivity index (χ3n) is 3.68. The van der Waals surface area contributed by atoms with Crippen molar-refractivity contribution < 1.29 is 22.4 Å². The summed E-state index contributed by atoms with van der Waals surface area (Å²) >= 11 is 0. The maximum atomic E-state index is 13.7. The number of halogens is 4. The maximum absolute atomic E-state index is 13.7. The van der Waals surface area contributed by atoms with Crippen LogP contribution < -0.4 is 10.6 Å². The minimum atomic E-state index is -1.58. The second kappa shape index (κ2) is 7.86. The smallest absolute Gasteiger partial charge is 0.270 e. The first-order valence-corrected chi connectivity index (χ1v) is 7.83. The number of benzene rings is 2. The second-order valence-electron chi connectivity index (χ2n) is 5.59. The molecule has 0 aliphatic carbocycles. The fraction of sp³-hybridized carbons (Fsp3) is 0.0526. The molecule has 138 valence electrons. The summed E-state index contributed by atoms with van der Waals surface area (Å²) in [5.74, 6) is -5.04. The van der Waals surface area contributed by atoms with Gasteiger partial charge in [0.2, 0.25) is 0 Å². The Bertz CT molecular complexity index is 960. The van der Waals surface area contributed by atoms with Crippen LogP contribution in [0.3, 0.4) is 0 Å². The first-order chi connectivity index (χ1) is 12.9. The molecule has 2 aromatic carbocycles. The molecule has 1 aromatic heterocycles. The molecule has 27 heavy (non-hydrogen) atoms. The van der Waals surface area contributed by atoms with Gasteiger partial charge in [-0.15, -0.1) is 0 Å². The average Bonchev–Trinajstić information content (AvgIpc) is 2.68. The van der Waals surface area contributed by atoms with Gasteiger partial charge < -0.3 is 10.6 Å². The zero-order valence-corrected chi connectivity index (χ0v) is 13.8. The van der Waals surface area contributed by atoms with Gasteiger partial charge >= 0.3 is 0 Å². The summed E-state index contributed by atoms with van der Waals surface area (Å²) in [4.78, 5) is 16.0. The van der Waals surface area contributed by atoms with Crippen LogP contribution >= 0.6 is 0 Å². The van der Waals surface area contributed by atoms with Crippen molar-refractivity contribution in [1.82, 2.24) is 10.3 Å². The third-order valence-corrected chi connectivity index (χ3v) is 3.68. The van der Waals surface area contributed by atoms with E-state index in [0.29, 0.717) is 0 Å². The first-order valence-electron chi connectivity index (χ1n) is 7.83. The lowest BCUT2D eigenvalue weighted by atomic mass is 10.2. The van der Waals surface area contributed by atoms with Crippen molar-refractivity contribution in [2.75, 3.05) is 5.32 Å². The predicted molar refractivity (Wildman–Crippen MR) is 91.4 cm³/mol. The highest BCUT2D eigenvalue weighted by Crippen LogP contribution is 2.23. The molecule has 0 radical (unpaired) electrons. The number of hydrogen-bond acceptors (Lipinski definition) is 3. The number of amides is 1. The third kappa shape index (κ3) is 4.41. The molecule has 3 aromatic rings. The van der Waals surface area contributed by atoms with Gasteiger partial charge in [-0.05, 0) is 42.0 Å². The number of rotatable bonds is 5. The molecule has 0 aliphatic heterocycles. The minimum Gasteiger partial charge on any atom is -0.352 e. The Morgan fingerprint density at radius 1 is 0.889 bits per heavy atom. The molecule has 3 rings (SSSR count). The van der Waals surface area contributed by atoms with Crippen LogP contribution in [0.4, 0.5) is 28.9 Å². The largest absolute Gasteiger partial charge is 0.352 e. The molecule has 0 aliphatic rings. The molecule has 0 fully saturated rings. The average molecular weight is 375 g/mol. The number of pyridine rings is 1. The molecule has 2 N–H and O–H groups in total. The van der Waals surface area contributed by atoms with Crippen LogP contribution in [0.5, 0.6) is 0 Å². The number of aromatic nitrogens is 1. The van der Waals surface area contributed by atoms with E-state index in [2.05, 4.69) is 15.6 Å². The predicted octanol–water partition coefficient (Wildman–Crippen LogP) is 4.31. The van der Waals surface area contributed by atoms with Crippen LogP contribution in [0.1, 0.15) is 16.1 Å². The van der Waals surface area contributed by atoms with Crippen LogP contribution in [0.15, 0.2) is 54.7 Å². The molecule has 0 atom stereocenters. The zero-order chi connectivity index (χ0) is 19.4. The van der Waals surface area contributed by atoms with Crippen molar-refractivity contribution in [2.24, 2.45) is 0 Å². The lowest BCUT2D eigenvalue weighted by Gasteiger charge is -2.09. The van der Waals surface area contributed by atoms with E-state index >= 15 is 0 Å². The summed E-state index contributed by atoms with van der Waals surface area (Å²) < 4.78 is 52.7. The molecule has 0 saturated carbocycles. The highest BCUT2D eigenvalue weighted by atomic mass is 19.2. The fourth-order valence-electron chi connectivity index (χ4n) is 2.26. The molecule has 0 unspecified atom stereocenters. The molecule has 0 spiro atoms. The van der Waals surface area contributed by atoms with Crippen LogP contribution in [0, 0.1) is 23.3 Å². The summed E-state index contributed by atoms with van der Waals surface area (Å²) in [6.07, 6.45) is 1.26. The van der Waals surface area contributed by atoms with Gasteiger partial charge in [0.25, 0.3) is 5.91 Å². The molecular formula is C19H13F4N3O. The molecule has 4 nitrogen and oxygen atoms in total. The van der Waals surface area contributed by atoms with E-state index in [1.54, 1.807) is 12.1 Å². The van der Waals surface area contributed by atoms with Crippen LogP contribution in [-0.4, -0.2) is 10.9 Å². The summed E-state index contributed by atoms with van der Waals surface area (Å²) in [6, 6.07) is 10.4. The summed E-state index contributed by atoms with van der Waals surface area (Å²) in [7, 11) is 0. The normalized spacial score (nSPS) is 10.5. The highest BCUT2D eigenvalue weighted by molar-refractivity contribution is 5.92. The molecular weight excluding hydrogens is 362 g/mol. The zero-order valence-electron chi connectivity index (χ0n) is 13.8. The molecule has 1 heterocycles. The van der Waals surface area contributed by atoms with Crippen LogP contribution in [0.25, 0.3) is 0 Å². The van der Waals surface area contributed by atoms with Crippen molar-refractivity contribution in [3.63, 3.8) is 0 Å². The summed E-state index contributed by atoms with van der Waals surface area (Å²) in [5, 5.41) is 5.19. The minimum absolute atomic E-state index is 0.105. The lowest BCUT2D eigenvalue weighted by molar-refractivity contribution is 0.0946. The molecule has 0 saturated heterocycles. The summed E-state index contributed by atoms with van der Waals surface area (Å²) in [6.45, 7) is 0.195. The first kappa shape index (κ1) is 18.4. The van der Waals surface area contributed by atoms with Crippen molar-refractivity contribution in [1.29, 1.82) is 0 Å². The number of anilines is 2. The van der Waals surface area contributed by atoms with Gasteiger partial charge in [0.05, 0.1) is 17.6 Å². The van der Waals surface area contributed by atoms with Gasteiger partial charge in [0.15, 0.2) is 17.5 Å². The fourth-order valence-corrected chi connectivity index (χ4v) is 2.26. The van der Waals surface area contributed by atoms with Crippen molar-refractivity contribution in [3.8, 4) is 0 Å². The lowest BCUT2D eigenvalue weighted by Crippen LogP contribution is -2.23. The highest BCUT2D eigenvalue weighted by Gasteiger charge is 2.14. The van der Waals surface area contributed by atoms with E-state index in [1.165, 1.54) is 30.5 Å². The monoisotopic (exact) mass is 375 g/mol. The van der Waals surface area contributed by atoms with Gasteiger partial charge in [-0.2, -0.15) is 0 Å². The van der Waals surface area contributed by atoms with Crippen LogP contribution in [-0.2, 0) is 6.54 Å². The Balaban J connectivity index is 1.63. The Kier molecular flexibility index (Phi) is 5.35. The van der Waals surface area contributed by atoms with Gasteiger partial charge in [0, 0.05) is 6.54 Å². The SMILES string of the molecule is O=C(NCc1ccc(F)cc1)c1ccc(Nc2ccc(F)c(F)c2F)cn1. The Morgan fingerprint density at radius 2 is 1.63 bits per heavy atom. The van der Waals surface area contributed by atoms with Gasteiger partial charge in [-0.3, -0.25) is 4.79 Å². The van der Waals surface area contributed by atoms with E-state index in [0.717, 1.165) is 17.7 Å². The van der Waals surface area contributed by atoms with Gasteiger partial charge in [-0.1, -0.05) is 12.1 Å². The van der Waals surface area contributed by atoms with Crippen molar-refractivity contribution in [2.45, 2.75) is 6.54 Å². The Morgan fingerprint density at radius 3 is 2.30 bits per heavy atom. The standard InChI is InChI=1S/C19H13F4N3O/c20-12-3-1-11(2-4-12)9-25-19(27)16-7-5-13(10-24-16)26-15-8-6-14(21)17(22)18(15)23/h1-8,10,26H,9H2,(H,25,27). The number of carbonyl (C=O) groups is 1. The topological polar surface area (TPSA) is 54.0 Å². The van der Waals surface area contributed by atoms with Gasteiger partial charge in [0.1, 0.15) is 11.5 Å². The second-order valence-corrected chi connectivity index (χ2v) is 5.59. The number of hydrogen-bond donors (Lipinski definition) is 2. The van der Waals surface area contributed by atoms with Crippen LogP contribution in [0.2, 0.25) is 0 Å². The van der Waals surface area contributed by atoms with E-state index < -0.39 is 23.4 Å². The van der Waals surface area contributed by atoms with Crippen molar-refractivity contribution in [3.05, 3.63) is 89.3 Å². The van der Waals surface area contributed by atoms with E-state index in [-0.39, 0.29) is 29.4 Å². The Hall–Kier alpha value is -3.42. The molecule has 1 amide bonds. The number of nitrogens with zero attached hydrogens (tertiary/aromatic N) is 1. The quantitative estimate of drug-likeness (QED) is 0.516. The number of nitrogens with one attached hydrogen (secondary N) is 2. The Labute approximate surface area is 151 Å². The molecule has 8 heteroatoms. The van der Waals surface area contributed by atoms with E-state index in [9.17, 15) is 22.4 Å². The van der Waals surface area contributed by atoms with E-state index in [1.807, 2.05) is 0 Å². The maximum Gasteiger partial charge on any atom is 0.270 e. The van der Waals surface area contributed by atoms with E-state index in [4.69, 9.17) is 0 Å². The molecule has 0 bridgehead atoms. The van der Waals surface area contributed by atoms with Gasteiger partial charge in [-0.25, -0.2) is 22.5 Å². The summed E-state index contributed by atoms with van der Waals surface area (Å²) in [5.41, 5.74) is 0.851. The van der Waals surface area contributed by atoms with Crippen molar-refractivity contribution >= 4 is 17.3 Å².